The first kappa shape index (κ1) is 17.9. The summed E-state index contributed by atoms with van der Waals surface area (Å²) in [6.45, 7) is 2.06. The van der Waals surface area contributed by atoms with Crippen LogP contribution in [0.3, 0.4) is 0 Å². The Labute approximate surface area is 157 Å². The van der Waals surface area contributed by atoms with E-state index >= 15 is 0 Å². The largest absolute Gasteiger partial charge is 0.493 e. The number of azo groups is 1. The van der Waals surface area contributed by atoms with E-state index in [-0.39, 0.29) is 18.2 Å². The summed E-state index contributed by atoms with van der Waals surface area (Å²) >= 11 is 3.36. The number of carbonyl (C=O) groups is 1. The van der Waals surface area contributed by atoms with Gasteiger partial charge >= 0.3 is 5.91 Å². The molecule has 1 amide bonds. The number of aromatic amines is 1. The predicted octanol–water partition coefficient (Wildman–Crippen LogP) is 4.72. The molecule has 0 radical (unpaired) electrons. The minimum Gasteiger partial charge on any atom is -0.493 e. The van der Waals surface area contributed by atoms with Gasteiger partial charge in [0.1, 0.15) is 0 Å². The van der Waals surface area contributed by atoms with Crippen molar-refractivity contribution in [1.82, 2.24) is 4.98 Å². The maximum atomic E-state index is 12.0. The lowest BCUT2D eigenvalue weighted by Gasteiger charge is -2.09. The molecule has 0 aliphatic carbocycles. The van der Waals surface area contributed by atoms with Crippen molar-refractivity contribution in [2.45, 2.75) is 6.92 Å². The molecule has 8 heteroatoms. The SMILES string of the molecule is CCOc1ccccc1OCC(=O)N=Nc1c(O)[nH]c2ccc(Br)cc12. The van der Waals surface area contributed by atoms with Crippen molar-refractivity contribution in [2.24, 2.45) is 10.2 Å². The van der Waals surface area contributed by atoms with Crippen LogP contribution >= 0.6 is 15.9 Å². The normalized spacial score (nSPS) is 11.2. The smallest absolute Gasteiger partial charge is 0.302 e. The van der Waals surface area contributed by atoms with Crippen molar-refractivity contribution in [3.63, 3.8) is 0 Å². The van der Waals surface area contributed by atoms with Gasteiger partial charge in [-0.05, 0) is 37.3 Å². The van der Waals surface area contributed by atoms with E-state index < -0.39 is 5.91 Å². The van der Waals surface area contributed by atoms with E-state index in [9.17, 15) is 9.90 Å². The van der Waals surface area contributed by atoms with Crippen molar-refractivity contribution < 1.29 is 19.4 Å². The first-order valence-electron chi connectivity index (χ1n) is 7.88. The average Bonchev–Trinajstić information content (AvgIpc) is 2.94. The Morgan fingerprint density at radius 2 is 1.92 bits per heavy atom. The molecule has 0 saturated heterocycles. The fourth-order valence-electron chi connectivity index (χ4n) is 2.36. The van der Waals surface area contributed by atoms with E-state index in [0.717, 1.165) is 4.47 Å². The third-order valence-corrected chi connectivity index (χ3v) is 3.97. The number of benzene rings is 2. The molecule has 3 aromatic rings. The Bertz CT molecular complexity index is 968. The molecule has 0 saturated carbocycles. The van der Waals surface area contributed by atoms with Crippen LogP contribution < -0.4 is 9.47 Å². The number of H-pyrrole nitrogens is 1. The molecule has 0 aliphatic rings. The number of halogens is 1. The molecule has 2 aromatic carbocycles. The Morgan fingerprint density at radius 3 is 2.65 bits per heavy atom. The number of rotatable bonds is 6. The standard InChI is InChI=1S/C18H16BrN3O4/c1-2-25-14-5-3-4-6-15(14)26-10-16(23)21-22-17-12-9-11(19)7-8-13(12)20-18(17)24/h3-9,20,24H,2,10H2,1H3. The van der Waals surface area contributed by atoms with Crippen LogP contribution in [0.5, 0.6) is 17.4 Å². The van der Waals surface area contributed by atoms with Crippen LogP contribution in [0.4, 0.5) is 5.69 Å². The van der Waals surface area contributed by atoms with E-state index in [2.05, 4.69) is 31.1 Å². The highest BCUT2D eigenvalue weighted by atomic mass is 79.9. The van der Waals surface area contributed by atoms with Gasteiger partial charge in [-0.2, -0.15) is 0 Å². The van der Waals surface area contributed by atoms with Crippen molar-refractivity contribution in [3.8, 4) is 17.4 Å². The van der Waals surface area contributed by atoms with Crippen LogP contribution in [0.1, 0.15) is 6.92 Å². The molecule has 0 bridgehead atoms. The molecule has 0 aliphatic heterocycles. The number of hydrogen-bond acceptors (Lipinski definition) is 5. The maximum absolute atomic E-state index is 12.0. The monoisotopic (exact) mass is 417 g/mol. The molecule has 1 heterocycles. The third-order valence-electron chi connectivity index (χ3n) is 3.48. The third kappa shape index (κ3) is 4.02. The maximum Gasteiger partial charge on any atom is 0.302 e. The second kappa shape index (κ2) is 8.01. The summed E-state index contributed by atoms with van der Waals surface area (Å²) in [5.74, 6) is 0.271. The van der Waals surface area contributed by atoms with Crippen molar-refractivity contribution in [2.75, 3.05) is 13.2 Å². The van der Waals surface area contributed by atoms with Gasteiger partial charge in [0, 0.05) is 9.86 Å². The number of nitrogens with zero attached hydrogens (tertiary/aromatic N) is 2. The highest BCUT2D eigenvalue weighted by molar-refractivity contribution is 9.10. The summed E-state index contributed by atoms with van der Waals surface area (Å²) in [7, 11) is 0. The van der Waals surface area contributed by atoms with Crippen LogP contribution in [-0.2, 0) is 4.79 Å². The quantitative estimate of drug-likeness (QED) is 0.566. The molecule has 0 fully saturated rings. The molecule has 2 N–H and O–H groups in total. The fourth-order valence-corrected chi connectivity index (χ4v) is 2.72. The molecule has 1 aromatic heterocycles. The lowest BCUT2D eigenvalue weighted by molar-refractivity contribution is -0.120. The number of hydrogen-bond donors (Lipinski definition) is 2. The van der Waals surface area contributed by atoms with Gasteiger partial charge in [0.2, 0.25) is 5.88 Å². The first-order valence-corrected chi connectivity index (χ1v) is 8.67. The first-order chi connectivity index (χ1) is 12.6. The van der Waals surface area contributed by atoms with Crippen molar-refractivity contribution in [3.05, 3.63) is 46.9 Å². The van der Waals surface area contributed by atoms with E-state index in [1.807, 2.05) is 19.1 Å². The summed E-state index contributed by atoms with van der Waals surface area (Å²) < 4.78 is 11.7. The van der Waals surface area contributed by atoms with Gasteiger partial charge in [-0.1, -0.05) is 28.1 Å². The van der Waals surface area contributed by atoms with Crippen LogP contribution in [-0.4, -0.2) is 29.2 Å². The van der Waals surface area contributed by atoms with E-state index in [4.69, 9.17) is 9.47 Å². The lowest BCUT2D eigenvalue weighted by atomic mass is 10.2. The number of nitrogens with one attached hydrogen (secondary N) is 1. The molecular weight excluding hydrogens is 402 g/mol. The van der Waals surface area contributed by atoms with Gasteiger partial charge in [-0.25, -0.2) is 0 Å². The minimum absolute atomic E-state index is 0.155. The molecule has 0 unspecified atom stereocenters. The predicted molar refractivity (Wildman–Crippen MR) is 100 cm³/mol. The number of amides is 1. The Balaban J connectivity index is 1.71. The van der Waals surface area contributed by atoms with Gasteiger partial charge in [0.15, 0.2) is 23.8 Å². The Morgan fingerprint density at radius 1 is 1.19 bits per heavy atom. The zero-order valence-electron chi connectivity index (χ0n) is 13.9. The Hall–Kier alpha value is -2.87. The second-order valence-corrected chi connectivity index (χ2v) is 6.19. The number of carbonyl (C=O) groups excluding carboxylic acids is 1. The zero-order valence-corrected chi connectivity index (χ0v) is 15.5. The second-order valence-electron chi connectivity index (χ2n) is 5.27. The van der Waals surface area contributed by atoms with Crippen LogP contribution in [0, 0.1) is 0 Å². The number of aromatic hydroxyl groups is 1. The van der Waals surface area contributed by atoms with Gasteiger partial charge < -0.3 is 19.6 Å². The van der Waals surface area contributed by atoms with Gasteiger partial charge in [0.05, 0.1) is 12.1 Å². The van der Waals surface area contributed by atoms with E-state index in [0.29, 0.717) is 29.0 Å². The summed E-state index contributed by atoms with van der Waals surface area (Å²) in [4.78, 5) is 14.7. The summed E-state index contributed by atoms with van der Waals surface area (Å²) in [5, 5.41) is 18.1. The van der Waals surface area contributed by atoms with E-state index in [1.165, 1.54) is 0 Å². The molecular formula is C18H16BrN3O4. The lowest BCUT2D eigenvalue weighted by Crippen LogP contribution is -2.08. The minimum atomic E-state index is -0.583. The molecule has 0 spiro atoms. The molecule has 0 atom stereocenters. The zero-order chi connectivity index (χ0) is 18.5. The summed E-state index contributed by atoms with van der Waals surface area (Å²) in [6, 6.07) is 12.5. The van der Waals surface area contributed by atoms with E-state index in [1.54, 1.807) is 30.3 Å². The fraction of sp³-hybridized carbons (Fsp3) is 0.167. The van der Waals surface area contributed by atoms with Gasteiger partial charge in [-0.3, -0.25) is 4.79 Å². The topological polar surface area (TPSA) is 96.3 Å². The molecule has 26 heavy (non-hydrogen) atoms. The van der Waals surface area contributed by atoms with Crippen LogP contribution in [0.15, 0.2) is 57.2 Å². The molecule has 7 nitrogen and oxygen atoms in total. The van der Waals surface area contributed by atoms with Crippen LogP contribution in [0.25, 0.3) is 10.9 Å². The van der Waals surface area contributed by atoms with Crippen LogP contribution in [0.2, 0.25) is 0 Å². The summed E-state index contributed by atoms with van der Waals surface area (Å²) in [5.41, 5.74) is 0.887. The number of aromatic nitrogens is 1. The van der Waals surface area contributed by atoms with Crippen molar-refractivity contribution >= 4 is 38.4 Å². The number of fused-ring (bicyclic) bond motifs is 1. The highest BCUT2D eigenvalue weighted by Gasteiger charge is 2.12. The summed E-state index contributed by atoms with van der Waals surface area (Å²) in [6.07, 6.45) is 0. The Kier molecular flexibility index (Phi) is 5.52. The highest BCUT2D eigenvalue weighted by Crippen LogP contribution is 2.36. The van der Waals surface area contributed by atoms with Crippen molar-refractivity contribution in [1.29, 1.82) is 0 Å². The average molecular weight is 418 g/mol. The molecule has 134 valence electrons. The number of ether oxygens (including phenoxy) is 2. The molecule has 3 rings (SSSR count). The van der Waals surface area contributed by atoms with Gasteiger partial charge in [0.25, 0.3) is 0 Å². The van der Waals surface area contributed by atoms with Gasteiger partial charge in [-0.15, -0.1) is 10.2 Å². The number of para-hydroxylation sites is 2.